The van der Waals surface area contributed by atoms with Crippen molar-refractivity contribution in [3.8, 4) is 0 Å². The van der Waals surface area contributed by atoms with Gasteiger partial charge in [0.05, 0.1) is 6.54 Å². The van der Waals surface area contributed by atoms with Crippen molar-refractivity contribution in [3.63, 3.8) is 0 Å². The van der Waals surface area contributed by atoms with Crippen LogP contribution in [0.2, 0.25) is 0 Å². The molecule has 0 amide bonds. The van der Waals surface area contributed by atoms with Crippen LogP contribution in [0, 0.1) is 0 Å². The number of aliphatic imine (C=N–C) groups is 1. The van der Waals surface area contributed by atoms with Gasteiger partial charge in [-0.1, -0.05) is 6.42 Å². The van der Waals surface area contributed by atoms with Crippen molar-refractivity contribution in [1.82, 2.24) is 25.4 Å². The molecule has 0 spiro atoms. The Bertz CT molecular complexity index is 508. The smallest absolute Gasteiger partial charge is 0.191 e. The molecule has 0 bridgehead atoms. The summed E-state index contributed by atoms with van der Waals surface area (Å²) in [5, 5.41) is 15.4. The second kappa shape index (κ2) is 7.85. The van der Waals surface area contributed by atoms with Gasteiger partial charge < -0.3 is 15.2 Å². The van der Waals surface area contributed by atoms with Crippen molar-refractivity contribution in [2.75, 3.05) is 19.8 Å². The fourth-order valence-corrected chi connectivity index (χ4v) is 2.64. The Morgan fingerprint density at radius 2 is 2.09 bits per heavy atom. The van der Waals surface area contributed by atoms with Crippen LogP contribution in [0.5, 0.6) is 0 Å². The van der Waals surface area contributed by atoms with Crippen LogP contribution in [-0.4, -0.2) is 45.3 Å². The molecule has 2 heterocycles. The normalized spacial score (nSPS) is 16.1. The van der Waals surface area contributed by atoms with E-state index < -0.39 is 0 Å². The first-order valence-corrected chi connectivity index (χ1v) is 9.19. The van der Waals surface area contributed by atoms with Crippen LogP contribution in [0.15, 0.2) is 4.99 Å². The van der Waals surface area contributed by atoms with Crippen LogP contribution in [0.1, 0.15) is 44.8 Å². The molecule has 6 nitrogen and oxygen atoms in total. The van der Waals surface area contributed by atoms with Crippen LogP contribution in [0.3, 0.4) is 0 Å². The van der Waals surface area contributed by atoms with Gasteiger partial charge in [-0.15, -0.1) is 10.2 Å². The van der Waals surface area contributed by atoms with E-state index in [0.717, 1.165) is 37.1 Å². The molecule has 124 valence electrons. The molecule has 1 aromatic heterocycles. The molecule has 0 aromatic carbocycles. The summed E-state index contributed by atoms with van der Waals surface area (Å²) in [6.45, 7) is 7.00. The highest BCUT2D eigenvalue weighted by molar-refractivity contribution is 7.99. The number of guanidine groups is 1. The predicted octanol–water partition coefficient (Wildman–Crippen LogP) is 1.81. The lowest BCUT2D eigenvalue weighted by molar-refractivity contribution is 0.594. The number of fused-ring (bicyclic) bond motifs is 1. The molecule has 1 aliphatic rings. The summed E-state index contributed by atoms with van der Waals surface area (Å²) in [6, 6.07) is 0. The third-order valence-electron chi connectivity index (χ3n) is 4.06. The number of thioether (sulfide) groups is 1. The van der Waals surface area contributed by atoms with E-state index >= 15 is 0 Å². The summed E-state index contributed by atoms with van der Waals surface area (Å²) >= 11 is 1.84. The quantitative estimate of drug-likeness (QED) is 0.639. The molecular weight excluding hydrogens is 296 g/mol. The monoisotopic (exact) mass is 324 g/mol. The molecule has 0 fully saturated rings. The SMILES string of the molecule is CN=C(NCc1nnc2n1CCCCC2)NCC(C)(C)SC. The molecule has 22 heavy (non-hydrogen) atoms. The van der Waals surface area contributed by atoms with Gasteiger partial charge in [-0.2, -0.15) is 11.8 Å². The van der Waals surface area contributed by atoms with E-state index in [9.17, 15) is 0 Å². The first-order valence-electron chi connectivity index (χ1n) is 7.96. The number of nitrogens with one attached hydrogen (secondary N) is 2. The van der Waals surface area contributed by atoms with Crippen LogP contribution in [0.4, 0.5) is 0 Å². The van der Waals surface area contributed by atoms with Crippen molar-refractivity contribution < 1.29 is 0 Å². The molecule has 0 radical (unpaired) electrons. The molecule has 0 aliphatic carbocycles. The van der Waals surface area contributed by atoms with Gasteiger partial charge in [0, 0.05) is 31.3 Å². The molecule has 0 saturated carbocycles. The topological polar surface area (TPSA) is 67.1 Å². The Morgan fingerprint density at radius 3 is 2.82 bits per heavy atom. The zero-order chi connectivity index (χ0) is 16.0. The number of aromatic nitrogens is 3. The standard InChI is InChI=1S/C15H28N6S/c1-15(2,22-4)11-18-14(16-3)17-10-13-20-19-12-8-6-5-7-9-21(12)13/h5-11H2,1-4H3,(H2,16,17,18). The van der Waals surface area contributed by atoms with E-state index in [2.05, 4.69) is 50.5 Å². The van der Waals surface area contributed by atoms with Gasteiger partial charge >= 0.3 is 0 Å². The number of hydrogen-bond donors (Lipinski definition) is 2. The summed E-state index contributed by atoms with van der Waals surface area (Å²) in [5.74, 6) is 2.94. The summed E-state index contributed by atoms with van der Waals surface area (Å²) in [6.07, 6.45) is 6.89. The van der Waals surface area contributed by atoms with E-state index in [0.29, 0.717) is 6.54 Å². The number of aryl methyl sites for hydroxylation is 1. The highest BCUT2D eigenvalue weighted by Gasteiger charge is 2.17. The first kappa shape index (κ1) is 17.1. The fourth-order valence-electron chi connectivity index (χ4n) is 2.43. The zero-order valence-corrected chi connectivity index (χ0v) is 15.0. The summed E-state index contributed by atoms with van der Waals surface area (Å²) in [7, 11) is 1.80. The van der Waals surface area contributed by atoms with Gasteiger partial charge in [-0.3, -0.25) is 4.99 Å². The average molecular weight is 324 g/mol. The maximum absolute atomic E-state index is 4.33. The zero-order valence-electron chi connectivity index (χ0n) is 14.1. The van der Waals surface area contributed by atoms with Gasteiger partial charge in [0.15, 0.2) is 11.8 Å². The lowest BCUT2D eigenvalue weighted by atomic mass is 10.2. The maximum atomic E-state index is 4.33. The number of rotatable bonds is 5. The van der Waals surface area contributed by atoms with Gasteiger partial charge in [-0.25, -0.2) is 0 Å². The van der Waals surface area contributed by atoms with Crippen molar-refractivity contribution in [1.29, 1.82) is 0 Å². The highest BCUT2D eigenvalue weighted by Crippen LogP contribution is 2.19. The molecule has 1 aliphatic heterocycles. The van der Waals surface area contributed by atoms with E-state index in [-0.39, 0.29) is 4.75 Å². The van der Waals surface area contributed by atoms with Crippen molar-refractivity contribution in [2.45, 2.75) is 57.4 Å². The van der Waals surface area contributed by atoms with E-state index in [4.69, 9.17) is 0 Å². The van der Waals surface area contributed by atoms with Crippen LogP contribution >= 0.6 is 11.8 Å². The Balaban J connectivity index is 1.90. The highest BCUT2D eigenvalue weighted by atomic mass is 32.2. The molecule has 0 unspecified atom stereocenters. The Morgan fingerprint density at radius 1 is 1.27 bits per heavy atom. The number of nitrogens with zero attached hydrogens (tertiary/aromatic N) is 4. The fraction of sp³-hybridized carbons (Fsp3) is 0.800. The molecule has 2 rings (SSSR count). The third-order valence-corrected chi connectivity index (χ3v) is 5.31. The van der Waals surface area contributed by atoms with Gasteiger partial charge in [-0.05, 0) is 32.9 Å². The van der Waals surface area contributed by atoms with Crippen LogP contribution < -0.4 is 10.6 Å². The summed E-state index contributed by atoms with van der Waals surface area (Å²) in [4.78, 5) is 4.28. The molecule has 2 N–H and O–H groups in total. The van der Waals surface area contributed by atoms with Gasteiger partial charge in [0.25, 0.3) is 0 Å². The minimum absolute atomic E-state index is 0.184. The Labute approximate surface area is 137 Å². The number of hydrogen-bond acceptors (Lipinski definition) is 4. The van der Waals surface area contributed by atoms with Crippen LogP contribution in [-0.2, 0) is 19.5 Å². The van der Waals surface area contributed by atoms with Crippen molar-refractivity contribution in [2.24, 2.45) is 4.99 Å². The van der Waals surface area contributed by atoms with Crippen molar-refractivity contribution >= 4 is 17.7 Å². The lowest BCUT2D eigenvalue weighted by Crippen LogP contribution is -2.43. The first-order chi connectivity index (χ1) is 10.6. The second-order valence-electron chi connectivity index (χ2n) is 6.24. The Hall–Kier alpha value is -1.24. The summed E-state index contributed by atoms with van der Waals surface area (Å²) in [5.41, 5.74) is 0. The predicted molar refractivity (Wildman–Crippen MR) is 93.4 cm³/mol. The molecular formula is C15H28N6S. The van der Waals surface area contributed by atoms with E-state index in [1.165, 1.54) is 19.3 Å². The van der Waals surface area contributed by atoms with Crippen molar-refractivity contribution in [3.05, 3.63) is 11.6 Å². The average Bonchev–Trinajstić information content (AvgIpc) is 2.75. The maximum Gasteiger partial charge on any atom is 0.191 e. The van der Waals surface area contributed by atoms with Gasteiger partial charge in [0.2, 0.25) is 0 Å². The minimum atomic E-state index is 0.184. The van der Waals surface area contributed by atoms with Gasteiger partial charge in [0.1, 0.15) is 5.82 Å². The van der Waals surface area contributed by atoms with E-state index in [1.807, 2.05) is 11.8 Å². The Kier molecular flexibility index (Phi) is 6.11. The minimum Gasteiger partial charge on any atom is -0.355 e. The molecule has 7 heteroatoms. The molecule has 0 saturated heterocycles. The lowest BCUT2D eigenvalue weighted by Gasteiger charge is -2.23. The molecule has 0 atom stereocenters. The second-order valence-corrected chi connectivity index (χ2v) is 7.75. The largest absolute Gasteiger partial charge is 0.355 e. The third kappa shape index (κ3) is 4.63. The van der Waals surface area contributed by atoms with Crippen LogP contribution in [0.25, 0.3) is 0 Å². The summed E-state index contributed by atoms with van der Waals surface area (Å²) < 4.78 is 2.45. The van der Waals surface area contributed by atoms with E-state index in [1.54, 1.807) is 7.05 Å². The molecule has 1 aromatic rings.